The Morgan fingerprint density at radius 3 is 2.41 bits per heavy atom. The molecular weight excluding hydrogens is 238 g/mol. The summed E-state index contributed by atoms with van der Waals surface area (Å²) in [6.07, 6.45) is 0.680. The molecule has 0 aliphatic heterocycles. The number of nitrogens with zero attached hydrogens (tertiary/aromatic N) is 1. The molecule has 1 rings (SSSR count). The zero-order valence-corrected chi connectivity index (χ0v) is 10.6. The zero-order valence-electron chi connectivity index (χ0n) is 9.76. The first-order valence-corrected chi connectivity index (χ1v) is 6.80. The van der Waals surface area contributed by atoms with Crippen LogP contribution in [0, 0.1) is 5.41 Å². The van der Waals surface area contributed by atoms with Crippen LogP contribution in [0.15, 0.2) is 35.2 Å². The van der Waals surface area contributed by atoms with E-state index < -0.39 is 10.0 Å². The number of nitrogens with one attached hydrogen (secondary N) is 1. The number of nitrogens with two attached hydrogens (primary N) is 1. The van der Waals surface area contributed by atoms with Gasteiger partial charge < -0.3 is 5.73 Å². The molecule has 0 bridgehead atoms. The van der Waals surface area contributed by atoms with E-state index in [9.17, 15) is 8.42 Å². The fourth-order valence-corrected chi connectivity index (χ4v) is 3.00. The smallest absolute Gasteiger partial charge is 0.243 e. The zero-order chi connectivity index (χ0) is 12.9. The molecule has 5 nitrogen and oxygen atoms in total. The summed E-state index contributed by atoms with van der Waals surface area (Å²) in [5.74, 6) is -0.155. The molecule has 0 heterocycles. The minimum Gasteiger partial charge on any atom is -0.387 e. The minimum atomic E-state index is -3.55. The molecule has 0 aromatic heterocycles. The van der Waals surface area contributed by atoms with Crippen molar-refractivity contribution in [1.29, 1.82) is 5.41 Å². The van der Waals surface area contributed by atoms with Gasteiger partial charge in [-0.2, -0.15) is 4.31 Å². The third kappa shape index (κ3) is 3.54. The largest absolute Gasteiger partial charge is 0.387 e. The summed E-state index contributed by atoms with van der Waals surface area (Å²) in [5.41, 5.74) is 5.28. The van der Waals surface area contributed by atoms with Gasteiger partial charge in [0.2, 0.25) is 10.0 Å². The Morgan fingerprint density at radius 1 is 1.35 bits per heavy atom. The Kier molecular flexibility index (Phi) is 4.65. The van der Waals surface area contributed by atoms with Crippen LogP contribution in [0.2, 0.25) is 0 Å². The maximum atomic E-state index is 12.2. The van der Waals surface area contributed by atoms with Gasteiger partial charge >= 0.3 is 0 Å². The maximum Gasteiger partial charge on any atom is 0.243 e. The monoisotopic (exact) mass is 255 g/mol. The molecular formula is C11H17N3O2S. The lowest BCUT2D eigenvalue weighted by Gasteiger charge is -2.20. The average Bonchev–Trinajstić information content (AvgIpc) is 2.29. The Morgan fingerprint density at radius 2 is 1.94 bits per heavy atom. The summed E-state index contributed by atoms with van der Waals surface area (Å²) >= 11 is 0. The third-order valence-corrected chi connectivity index (χ3v) is 4.06. The van der Waals surface area contributed by atoms with Gasteiger partial charge in [0.25, 0.3) is 0 Å². The quantitative estimate of drug-likeness (QED) is 0.587. The fraction of sp³-hybridized carbons (Fsp3) is 0.364. The molecule has 0 saturated heterocycles. The second kappa shape index (κ2) is 5.79. The van der Waals surface area contributed by atoms with Gasteiger partial charge in [-0.15, -0.1) is 0 Å². The molecule has 94 valence electrons. The van der Waals surface area contributed by atoms with Crippen LogP contribution >= 0.6 is 0 Å². The van der Waals surface area contributed by atoms with E-state index >= 15 is 0 Å². The topological polar surface area (TPSA) is 87.2 Å². The van der Waals surface area contributed by atoms with Gasteiger partial charge in [-0.1, -0.05) is 25.1 Å². The van der Waals surface area contributed by atoms with E-state index in [4.69, 9.17) is 11.1 Å². The first-order chi connectivity index (χ1) is 7.98. The van der Waals surface area contributed by atoms with Crippen LogP contribution in [0.1, 0.15) is 13.3 Å². The van der Waals surface area contributed by atoms with E-state index in [0.29, 0.717) is 13.0 Å². The Balaban J connectivity index is 3.04. The van der Waals surface area contributed by atoms with Crippen molar-refractivity contribution < 1.29 is 8.42 Å². The molecule has 0 radical (unpaired) electrons. The molecule has 1 aromatic carbocycles. The summed E-state index contributed by atoms with van der Waals surface area (Å²) in [5, 5.41) is 7.22. The summed E-state index contributed by atoms with van der Waals surface area (Å²) in [7, 11) is -3.55. The number of amidine groups is 1. The highest BCUT2D eigenvalue weighted by Gasteiger charge is 2.23. The van der Waals surface area contributed by atoms with Gasteiger partial charge in [-0.3, -0.25) is 5.41 Å². The van der Waals surface area contributed by atoms with Crippen LogP contribution in [-0.2, 0) is 10.0 Å². The molecule has 0 spiro atoms. The number of hydrogen-bond acceptors (Lipinski definition) is 3. The minimum absolute atomic E-state index is 0.0644. The first kappa shape index (κ1) is 13.7. The van der Waals surface area contributed by atoms with Crippen molar-refractivity contribution in [3.05, 3.63) is 30.3 Å². The lowest BCUT2D eigenvalue weighted by Crippen LogP contribution is -2.38. The first-order valence-electron chi connectivity index (χ1n) is 5.36. The van der Waals surface area contributed by atoms with Crippen LogP contribution in [-0.4, -0.2) is 31.6 Å². The second-order valence-electron chi connectivity index (χ2n) is 3.68. The van der Waals surface area contributed by atoms with Crippen molar-refractivity contribution in [1.82, 2.24) is 4.31 Å². The highest BCUT2D eigenvalue weighted by Crippen LogP contribution is 2.14. The van der Waals surface area contributed by atoms with E-state index in [1.165, 1.54) is 16.4 Å². The average molecular weight is 255 g/mol. The third-order valence-electron chi connectivity index (χ3n) is 2.20. The predicted octanol–water partition coefficient (Wildman–Crippen LogP) is 1.02. The van der Waals surface area contributed by atoms with Crippen LogP contribution in [0.3, 0.4) is 0 Å². The second-order valence-corrected chi connectivity index (χ2v) is 5.61. The van der Waals surface area contributed by atoms with E-state index in [2.05, 4.69) is 0 Å². The molecule has 0 unspecified atom stereocenters. The number of hydrogen-bond donors (Lipinski definition) is 2. The van der Waals surface area contributed by atoms with Gasteiger partial charge in [-0.05, 0) is 18.6 Å². The van der Waals surface area contributed by atoms with E-state index in [-0.39, 0.29) is 17.3 Å². The lowest BCUT2D eigenvalue weighted by molar-refractivity contribution is 0.447. The van der Waals surface area contributed by atoms with Gasteiger partial charge in [0.15, 0.2) is 0 Å². The molecule has 17 heavy (non-hydrogen) atoms. The normalized spacial score (nSPS) is 11.6. The maximum absolute atomic E-state index is 12.2. The van der Waals surface area contributed by atoms with Crippen LogP contribution in [0.4, 0.5) is 0 Å². The van der Waals surface area contributed by atoms with Crippen LogP contribution < -0.4 is 5.73 Å². The van der Waals surface area contributed by atoms with Crippen molar-refractivity contribution in [3.63, 3.8) is 0 Å². The van der Waals surface area contributed by atoms with Crippen LogP contribution in [0.5, 0.6) is 0 Å². The van der Waals surface area contributed by atoms with E-state index in [1.54, 1.807) is 18.2 Å². The lowest BCUT2D eigenvalue weighted by atomic mass is 10.4. The summed E-state index contributed by atoms with van der Waals surface area (Å²) in [6, 6.07) is 8.18. The highest BCUT2D eigenvalue weighted by atomic mass is 32.2. The van der Waals surface area contributed by atoms with Gasteiger partial charge in [-0.25, -0.2) is 8.42 Å². The van der Waals surface area contributed by atoms with Crippen molar-refractivity contribution in [2.75, 3.05) is 13.1 Å². The standard InChI is InChI=1S/C11H17N3O2S/c1-2-8-14(9-11(12)13)17(15,16)10-6-4-3-5-7-10/h3-7H,2,8-9H2,1H3,(H3,12,13). The van der Waals surface area contributed by atoms with Crippen molar-refractivity contribution >= 4 is 15.9 Å². The number of benzene rings is 1. The van der Waals surface area contributed by atoms with Crippen molar-refractivity contribution in [2.45, 2.75) is 18.2 Å². The molecule has 6 heteroatoms. The van der Waals surface area contributed by atoms with E-state index in [1.807, 2.05) is 6.92 Å². The highest BCUT2D eigenvalue weighted by molar-refractivity contribution is 7.89. The fourth-order valence-electron chi connectivity index (χ4n) is 1.47. The van der Waals surface area contributed by atoms with Crippen molar-refractivity contribution in [2.24, 2.45) is 5.73 Å². The van der Waals surface area contributed by atoms with Gasteiger partial charge in [0.05, 0.1) is 11.4 Å². The van der Waals surface area contributed by atoms with Crippen molar-refractivity contribution in [3.8, 4) is 0 Å². The van der Waals surface area contributed by atoms with E-state index in [0.717, 1.165) is 0 Å². The Labute approximate surface area is 102 Å². The molecule has 3 N–H and O–H groups in total. The molecule has 0 aliphatic carbocycles. The molecule has 0 atom stereocenters. The van der Waals surface area contributed by atoms with Gasteiger partial charge in [0, 0.05) is 6.54 Å². The molecule has 0 saturated carbocycles. The molecule has 1 aromatic rings. The number of rotatable bonds is 6. The molecule has 0 amide bonds. The van der Waals surface area contributed by atoms with Crippen LogP contribution in [0.25, 0.3) is 0 Å². The Hall–Kier alpha value is -1.40. The molecule has 0 aliphatic rings. The summed E-state index contributed by atoms with van der Waals surface area (Å²) < 4.78 is 25.7. The molecule has 0 fully saturated rings. The van der Waals surface area contributed by atoms with Gasteiger partial charge in [0.1, 0.15) is 5.84 Å². The predicted molar refractivity (Wildman–Crippen MR) is 67.4 cm³/mol. The summed E-state index contributed by atoms with van der Waals surface area (Å²) in [6.45, 7) is 2.18. The summed E-state index contributed by atoms with van der Waals surface area (Å²) in [4.78, 5) is 0.231. The Bertz CT molecular complexity index is 471. The SMILES string of the molecule is CCCN(CC(=N)N)S(=O)(=O)c1ccccc1. The number of sulfonamides is 1.